The molecule has 0 rings (SSSR count). The van der Waals surface area contributed by atoms with Gasteiger partial charge >= 0.3 is 0 Å². The van der Waals surface area contributed by atoms with E-state index < -0.39 is 0 Å². The van der Waals surface area contributed by atoms with Gasteiger partial charge in [-0.2, -0.15) is 0 Å². The molecule has 4 N–H and O–H groups in total. The van der Waals surface area contributed by atoms with E-state index in [0.717, 1.165) is 0 Å². The van der Waals surface area contributed by atoms with Gasteiger partial charge in [0, 0.05) is 33.6 Å². The van der Waals surface area contributed by atoms with Gasteiger partial charge < -0.3 is 11.0 Å². The predicted octanol–water partition coefficient (Wildman–Crippen LogP) is -1.02. The first-order chi connectivity index (χ1) is 0. The summed E-state index contributed by atoms with van der Waals surface area (Å²) in [5.41, 5.74) is 0. The zero-order chi connectivity index (χ0) is 0. The maximum Gasteiger partial charge on any atom is 0 e. The Labute approximate surface area is 52.3 Å². The van der Waals surface area contributed by atoms with E-state index in [1.807, 2.05) is 0 Å². The van der Waals surface area contributed by atoms with Crippen LogP contribution >= 0.6 is 0 Å². The second-order valence-electron chi connectivity index (χ2n) is 0. The Morgan fingerprint density at radius 1 is 0.800 bits per heavy atom. The summed E-state index contributed by atoms with van der Waals surface area (Å²) >= 11 is 0. The van der Waals surface area contributed by atoms with Gasteiger partial charge in [0.2, 0.25) is 0 Å². The third kappa shape index (κ3) is 48.8. The molecule has 0 aromatic heterocycles. The van der Waals surface area contributed by atoms with Crippen molar-refractivity contribution in [2.24, 2.45) is 0 Å². The number of hydrogen-bond donors (Lipinski definition) is 0. The standard InChI is InChI=1S/CH4.Cu.Ni.2H2O/h1H4;;;2*1H2. The fourth-order valence-electron chi connectivity index (χ4n) is 0. The summed E-state index contributed by atoms with van der Waals surface area (Å²) in [4.78, 5) is 0. The topological polar surface area (TPSA) is 63.0 Å². The molecule has 0 fully saturated rings. The molecule has 0 spiro atoms. The molecule has 1 radical (unpaired) electrons. The van der Waals surface area contributed by atoms with Crippen LogP contribution in [0.5, 0.6) is 0 Å². The maximum absolute atomic E-state index is 0. The molecular weight excluding hydrogens is 166 g/mol. The molecule has 0 atom stereocenters. The molecule has 0 amide bonds. The van der Waals surface area contributed by atoms with Crippen LogP contribution in [0.25, 0.3) is 0 Å². The Balaban J connectivity index is 0. The molecule has 0 aromatic carbocycles. The molecule has 2 nitrogen and oxygen atoms in total. The van der Waals surface area contributed by atoms with E-state index in [1.165, 1.54) is 0 Å². The zero-order valence-corrected chi connectivity index (χ0v) is 3.55. The van der Waals surface area contributed by atoms with Crippen molar-refractivity contribution in [1.29, 1.82) is 0 Å². The second-order valence-corrected chi connectivity index (χ2v) is 0. The van der Waals surface area contributed by atoms with E-state index >= 15 is 0 Å². The van der Waals surface area contributed by atoms with Crippen molar-refractivity contribution < 1.29 is 44.5 Å². The average Bonchev–Trinajstić information content (AvgIpc) is 0. The van der Waals surface area contributed by atoms with Gasteiger partial charge in [0.15, 0.2) is 0 Å². The Morgan fingerprint density at radius 3 is 0.800 bits per heavy atom. The summed E-state index contributed by atoms with van der Waals surface area (Å²) < 4.78 is 0. The summed E-state index contributed by atoms with van der Waals surface area (Å²) in [5.74, 6) is 0. The third-order valence-corrected chi connectivity index (χ3v) is 0. The molecule has 0 aromatic rings. The SMILES string of the molecule is C.O.O.[Cu].[Ni]. The fraction of sp³-hybridized carbons (Fsp3) is 1.00. The average molecular weight is 174 g/mol. The molecule has 0 bridgehead atoms. The van der Waals surface area contributed by atoms with Crippen molar-refractivity contribution in [2.75, 3.05) is 0 Å². The van der Waals surface area contributed by atoms with Gasteiger partial charge in [-0.05, 0) is 0 Å². The monoisotopic (exact) mass is 173 g/mol. The van der Waals surface area contributed by atoms with Crippen LogP contribution in [0.2, 0.25) is 0 Å². The van der Waals surface area contributed by atoms with Crippen LogP contribution in [0.3, 0.4) is 0 Å². The summed E-state index contributed by atoms with van der Waals surface area (Å²) in [6.07, 6.45) is 0. The quantitative estimate of drug-likeness (QED) is 0.422. The molecule has 4 heteroatoms. The Hall–Kier alpha value is 0.933. The van der Waals surface area contributed by atoms with Crippen molar-refractivity contribution in [2.45, 2.75) is 7.43 Å². The van der Waals surface area contributed by atoms with Crippen molar-refractivity contribution >= 4 is 0 Å². The fourth-order valence-corrected chi connectivity index (χ4v) is 0. The van der Waals surface area contributed by atoms with Gasteiger partial charge in [-0.3, -0.25) is 0 Å². The molecule has 0 aliphatic rings. The van der Waals surface area contributed by atoms with Gasteiger partial charge in [0.05, 0.1) is 0 Å². The van der Waals surface area contributed by atoms with Crippen LogP contribution in [0.4, 0.5) is 0 Å². The minimum Gasteiger partial charge on any atom is -0.412 e. The van der Waals surface area contributed by atoms with Crippen molar-refractivity contribution in [3.05, 3.63) is 0 Å². The van der Waals surface area contributed by atoms with Crippen LogP contribution in [0.1, 0.15) is 7.43 Å². The summed E-state index contributed by atoms with van der Waals surface area (Å²) in [5, 5.41) is 0. The van der Waals surface area contributed by atoms with Crippen LogP contribution in [0.15, 0.2) is 0 Å². The van der Waals surface area contributed by atoms with E-state index in [2.05, 4.69) is 0 Å². The van der Waals surface area contributed by atoms with Crippen LogP contribution in [0, 0.1) is 0 Å². The molecule has 0 heterocycles. The Kier molecular flexibility index (Phi) is 2910. The van der Waals surface area contributed by atoms with E-state index in [9.17, 15) is 0 Å². The third-order valence-electron chi connectivity index (χ3n) is 0. The summed E-state index contributed by atoms with van der Waals surface area (Å²) in [7, 11) is 0. The van der Waals surface area contributed by atoms with Gasteiger partial charge in [0.25, 0.3) is 0 Å². The van der Waals surface area contributed by atoms with E-state index in [-0.39, 0.29) is 51.9 Å². The second kappa shape index (κ2) is 87.7. The molecule has 45 valence electrons. The Bertz CT molecular complexity index is 9.61. The van der Waals surface area contributed by atoms with E-state index in [4.69, 9.17) is 0 Å². The first-order valence-corrected chi connectivity index (χ1v) is 0. The molecule has 0 aliphatic heterocycles. The molecule has 0 unspecified atom stereocenters. The van der Waals surface area contributed by atoms with Crippen molar-refractivity contribution in [1.82, 2.24) is 0 Å². The summed E-state index contributed by atoms with van der Waals surface area (Å²) in [6, 6.07) is 0. The van der Waals surface area contributed by atoms with E-state index in [0.29, 0.717) is 0 Å². The molecule has 0 saturated heterocycles. The van der Waals surface area contributed by atoms with Gasteiger partial charge in [-0.15, -0.1) is 0 Å². The van der Waals surface area contributed by atoms with Crippen molar-refractivity contribution in [3.8, 4) is 0 Å². The molecule has 0 saturated carbocycles. The maximum atomic E-state index is 0. The van der Waals surface area contributed by atoms with Gasteiger partial charge in [0.1, 0.15) is 0 Å². The molecular formula is CH8CuNiO2. The Morgan fingerprint density at radius 2 is 0.800 bits per heavy atom. The van der Waals surface area contributed by atoms with Gasteiger partial charge in [-0.1, -0.05) is 7.43 Å². The normalized spacial score (nSPS) is 0. The van der Waals surface area contributed by atoms with Crippen LogP contribution < -0.4 is 0 Å². The molecule has 0 aliphatic carbocycles. The number of hydrogen-bond acceptors (Lipinski definition) is 0. The van der Waals surface area contributed by atoms with Crippen LogP contribution in [-0.2, 0) is 33.6 Å². The largest absolute Gasteiger partial charge is 0.412 e. The first kappa shape index (κ1) is 166. The molecule has 5 heavy (non-hydrogen) atoms. The number of rotatable bonds is 0. The van der Waals surface area contributed by atoms with Gasteiger partial charge in [-0.25, -0.2) is 0 Å². The predicted molar refractivity (Wildman–Crippen MR) is 14.0 cm³/mol. The summed E-state index contributed by atoms with van der Waals surface area (Å²) in [6.45, 7) is 0. The first-order valence-electron chi connectivity index (χ1n) is 0. The van der Waals surface area contributed by atoms with Crippen molar-refractivity contribution in [3.63, 3.8) is 0 Å². The van der Waals surface area contributed by atoms with E-state index in [1.54, 1.807) is 0 Å². The zero-order valence-electron chi connectivity index (χ0n) is 1.62. The van der Waals surface area contributed by atoms with Crippen LogP contribution in [-0.4, -0.2) is 11.0 Å². The minimum atomic E-state index is 0. The smallest absolute Gasteiger partial charge is 0 e. The minimum absolute atomic E-state index is 0.